The molecule has 0 aliphatic carbocycles. The first-order valence-corrected chi connectivity index (χ1v) is 9.71. The van der Waals surface area contributed by atoms with Crippen molar-refractivity contribution in [3.8, 4) is 6.07 Å². The zero-order valence-electron chi connectivity index (χ0n) is 15.3. The van der Waals surface area contributed by atoms with E-state index in [9.17, 15) is 14.7 Å². The van der Waals surface area contributed by atoms with E-state index in [2.05, 4.69) is 4.99 Å². The molecule has 1 aliphatic rings. The van der Waals surface area contributed by atoms with Crippen molar-refractivity contribution in [1.29, 1.82) is 5.26 Å². The number of carbonyl (C=O) groups is 2. The normalized spacial score (nSPS) is 20.1. The molecular weight excluding hydrogens is 374 g/mol. The molecule has 2 aromatic carbocycles. The third-order valence-corrected chi connectivity index (χ3v) is 5.98. The smallest absolute Gasteiger partial charge is 0.319 e. The Morgan fingerprint density at radius 1 is 1.18 bits per heavy atom. The molecule has 1 amide bonds. The van der Waals surface area contributed by atoms with Crippen LogP contribution in [0.5, 0.6) is 0 Å². The van der Waals surface area contributed by atoms with E-state index in [1.165, 1.54) is 0 Å². The maximum Gasteiger partial charge on any atom is 0.319 e. The summed E-state index contributed by atoms with van der Waals surface area (Å²) in [5, 5.41) is 18.1. The van der Waals surface area contributed by atoms with Crippen LogP contribution in [0.4, 0.5) is 0 Å². The topological polar surface area (TPSA) is 93.8 Å². The van der Waals surface area contributed by atoms with E-state index in [1.54, 1.807) is 24.3 Å². The Kier molecular flexibility index (Phi) is 6.12. The molecular formula is C21H19N3O3S. The lowest BCUT2D eigenvalue weighted by Gasteiger charge is -2.24. The zero-order valence-corrected chi connectivity index (χ0v) is 16.1. The molecule has 2 atom stereocenters. The highest BCUT2D eigenvalue weighted by molar-refractivity contribution is 8.15. The molecule has 1 N–H and O–H groups in total. The van der Waals surface area contributed by atoms with E-state index in [4.69, 9.17) is 5.26 Å². The number of hydrogen-bond donors (Lipinski definition) is 1. The quantitative estimate of drug-likeness (QED) is 0.838. The van der Waals surface area contributed by atoms with Crippen LogP contribution < -0.4 is 0 Å². The number of thioether (sulfide) groups is 1. The highest BCUT2D eigenvalue weighted by Crippen LogP contribution is 2.32. The Hall–Kier alpha value is -3.11. The molecule has 0 saturated carbocycles. The van der Waals surface area contributed by atoms with Crippen molar-refractivity contribution in [2.75, 3.05) is 6.54 Å². The summed E-state index contributed by atoms with van der Waals surface area (Å²) < 4.78 is 0. The van der Waals surface area contributed by atoms with Crippen molar-refractivity contribution in [3.05, 3.63) is 71.3 Å². The second-order valence-corrected chi connectivity index (χ2v) is 7.54. The summed E-state index contributed by atoms with van der Waals surface area (Å²) >= 11 is 1.10. The predicted octanol–water partition coefficient (Wildman–Crippen LogP) is 3.19. The van der Waals surface area contributed by atoms with Gasteiger partial charge < -0.3 is 10.0 Å². The number of carbonyl (C=O) groups excluding carboxylic acids is 1. The molecule has 0 spiro atoms. The molecule has 0 radical (unpaired) electrons. The average molecular weight is 393 g/mol. The van der Waals surface area contributed by atoms with Crippen molar-refractivity contribution in [3.63, 3.8) is 0 Å². The van der Waals surface area contributed by atoms with Crippen LogP contribution in [-0.2, 0) is 11.2 Å². The first-order chi connectivity index (χ1) is 13.5. The lowest BCUT2D eigenvalue weighted by Crippen LogP contribution is -2.38. The second-order valence-electron chi connectivity index (χ2n) is 6.43. The number of amides is 1. The van der Waals surface area contributed by atoms with Gasteiger partial charge >= 0.3 is 5.97 Å². The van der Waals surface area contributed by atoms with E-state index in [0.717, 1.165) is 23.7 Å². The van der Waals surface area contributed by atoms with E-state index >= 15 is 0 Å². The van der Waals surface area contributed by atoms with Crippen LogP contribution in [0.1, 0.15) is 28.4 Å². The van der Waals surface area contributed by atoms with Gasteiger partial charge in [-0.15, -0.1) is 0 Å². The van der Waals surface area contributed by atoms with Gasteiger partial charge in [0.25, 0.3) is 5.91 Å². The van der Waals surface area contributed by atoms with Crippen molar-refractivity contribution in [2.45, 2.75) is 24.6 Å². The molecule has 6 nitrogen and oxygen atoms in total. The van der Waals surface area contributed by atoms with Crippen LogP contribution in [0.3, 0.4) is 0 Å². The first kappa shape index (κ1) is 19.6. The van der Waals surface area contributed by atoms with E-state index in [0.29, 0.717) is 22.8 Å². The molecule has 1 fully saturated rings. The summed E-state index contributed by atoms with van der Waals surface area (Å²) in [5.41, 5.74) is 1.96. The van der Waals surface area contributed by atoms with Gasteiger partial charge in [0.15, 0.2) is 5.17 Å². The van der Waals surface area contributed by atoms with Crippen molar-refractivity contribution in [2.24, 2.45) is 4.99 Å². The fourth-order valence-electron chi connectivity index (χ4n) is 3.00. The number of aliphatic carboxylic acids is 1. The fraction of sp³-hybridized carbons (Fsp3) is 0.238. The second kappa shape index (κ2) is 8.72. The SMILES string of the molecule is CC1C(C(=O)O)SC(=NC(=O)c2ccc(C#N)cc2)N1CCc1ccccc1. The number of rotatable bonds is 5. The molecule has 28 heavy (non-hydrogen) atoms. The maximum absolute atomic E-state index is 12.5. The third-order valence-electron chi connectivity index (χ3n) is 4.59. The molecule has 0 aromatic heterocycles. The summed E-state index contributed by atoms with van der Waals surface area (Å²) in [6.07, 6.45) is 0.724. The van der Waals surface area contributed by atoms with Gasteiger partial charge in [0.1, 0.15) is 5.25 Å². The maximum atomic E-state index is 12.5. The minimum absolute atomic E-state index is 0.279. The van der Waals surface area contributed by atoms with Crippen LogP contribution in [0.25, 0.3) is 0 Å². The van der Waals surface area contributed by atoms with Gasteiger partial charge in [-0.3, -0.25) is 9.59 Å². The number of amidine groups is 1. The Labute approximate surface area is 167 Å². The molecule has 1 saturated heterocycles. The number of benzene rings is 2. The lowest BCUT2D eigenvalue weighted by atomic mass is 10.1. The highest BCUT2D eigenvalue weighted by Gasteiger charge is 2.40. The Bertz CT molecular complexity index is 936. The summed E-state index contributed by atoms with van der Waals surface area (Å²) in [6, 6.07) is 17.8. The standard InChI is InChI=1S/C21H19N3O3S/c1-14-18(20(26)27)28-21(24(14)12-11-15-5-3-2-4-6-15)23-19(25)17-9-7-16(13-22)8-10-17/h2-10,14,18H,11-12H2,1H3,(H,26,27). The van der Waals surface area contributed by atoms with Gasteiger partial charge in [0.2, 0.25) is 0 Å². The number of carboxylic acids is 1. The van der Waals surface area contributed by atoms with Gasteiger partial charge in [0.05, 0.1) is 17.7 Å². The van der Waals surface area contributed by atoms with Gasteiger partial charge in [0, 0.05) is 12.1 Å². The number of hydrogen-bond acceptors (Lipinski definition) is 4. The molecule has 0 bridgehead atoms. The van der Waals surface area contributed by atoms with Crippen LogP contribution in [0.15, 0.2) is 59.6 Å². The largest absolute Gasteiger partial charge is 0.480 e. The van der Waals surface area contributed by atoms with Crippen LogP contribution in [0, 0.1) is 11.3 Å². The first-order valence-electron chi connectivity index (χ1n) is 8.83. The third kappa shape index (κ3) is 4.41. The van der Waals surface area contributed by atoms with E-state index in [-0.39, 0.29) is 6.04 Å². The van der Waals surface area contributed by atoms with Gasteiger partial charge in [-0.25, -0.2) is 0 Å². The summed E-state index contributed by atoms with van der Waals surface area (Å²) in [4.78, 5) is 30.2. The van der Waals surface area contributed by atoms with Crippen molar-refractivity contribution >= 4 is 28.8 Å². The predicted molar refractivity (Wildman–Crippen MR) is 108 cm³/mol. The van der Waals surface area contributed by atoms with Gasteiger partial charge in [-0.1, -0.05) is 42.1 Å². The van der Waals surface area contributed by atoms with Gasteiger partial charge in [-0.2, -0.15) is 10.3 Å². The number of carboxylic acid groups (broad SMARTS) is 1. The zero-order chi connectivity index (χ0) is 20.1. The molecule has 2 aromatic rings. The van der Waals surface area contributed by atoms with Gasteiger partial charge in [-0.05, 0) is 43.2 Å². The monoisotopic (exact) mass is 393 g/mol. The molecule has 1 aliphatic heterocycles. The van der Waals surface area contributed by atoms with Crippen molar-refractivity contribution < 1.29 is 14.7 Å². The summed E-state index contributed by atoms with van der Waals surface area (Å²) in [5.74, 6) is -1.37. The molecule has 1 heterocycles. The molecule has 7 heteroatoms. The Morgan fingerprint density at radius 3 is 2.46 bits per heavy atom. The highest BCUT2D eigenvalue weighted by atomic mass is 32.2. The number of nitrogens with zero attached hydrogens (tertiary/aromatic N) is 3. The molecule has 3 rings (SSSR count). The van der Waals surface area contributed by atoms with Crippen LogP contribution in [0.2, 0.25) is 0 Å². The van der Waals surface area contributed by atoms with Crippen LogP contribution in [-0.4, -0.2) is 44.9 Å². The fourth-order valence-corrected chi connectivity index (χ4v) is 4.20. The van der Waals surface area contributed by atoms with E-state index in [1.807, 2.05) is 48.2 Å². The van der Waals surface area contributed by atoms with Crippen molar-refractivity contribution in [1.82, 2.24) is 4.90 Å². The Balaban J connectivity index is 1.82. The van der Waals surface area contributed by atoms with Crippen LogP contribution >= 0.6 is 11.8 Å². The molecule has 142 valence electrons. The average Bonchev–Trinajstić information content (AvgIpc) is 3.02. The minimum Gasteiger partial charge on any atom is -0.480 e. The lowest BCUT2D eigenvalue weighted by molar-refractivity contribution is -0.137. The number of nitriles is 1. The minimum atomic E-state index is -0.918. The summed E-state index contributed by atoms with van der Waals surface area (Å²) in [7, 11) is 0. The summed E-state index contributed by atoms with van der Waals surface area (Å²) in [6.45, 7) is 2.41. The molecule has 2 unspecified atom stereocenters. The number of aliphatic imine (C=N–C) groups is 1. The Morgan fingerprint density at radius 2 is 1.86 bits per heavy atom. The van der Waals surface area contributed by atoms with E-state index < -0.39 is 17.1 Å².